The van der Waals surface area contributed by atoms with Gasteiger partial charge in [-0.2, -0.15) is 0 Å². The summed E-state index contributed by atoms with van der Waals surface area (Å²) in [6.45, 7) is 4.06. The van der Waals surface area contributed by atoms with Crippen molar-refractivity contribution in [2.45, 2.75) is 13.8 Å². The molecule has 1 aromatic carbocycles. The first-order valence-corrected chi connectivity index (χ1v) is 6.89. The van der Waals surface area contributed by atoms with E-state index in [-0.39, 0.29) is 0 Å². The van der Waals surface area contributed by atoms with Crippen molar-refractivity contribution in [1.82, 2.24) is 4.98 Å². The number of aromatic nitrogens is 1. The number of aryl methyl sites for hydroxylation is 2. The molecule has 75 valence electrons. The van der Waals surface area contributed by atoms with Crippen molar-refractivity contribution in [3.63, 3.8) is 0 Å². The molecule has 0 aliphatic heterocycles. The van der Waals surface area contributed by atoms with Gasteiger partial charge in [-0.05, 0) is 31.5 Å². The van der Waals surface area contributed by atoms with Crippen LogP contribution >= 0.6 is 10.0 Å². The lowest BCUT2D eigenvalue weighted by molar-refractivity contribution is 0.615. The normalized spacial score (nSPS) is 10.3. The molecule has 0 aliphatic rings. The third-order valence-electron chi connectivity index (χ3n) is 2.31. The van der Waals surface area contributed by atoms with Gasteiger partial charge in [0.05, 0.1) is 0 Å². The first kappa shape index (κ1) is 10.8. The van der Waals surface area contributed by atoms with Crippen LogP contribution in [0.15, 0.2) is 24.3 Å². The maximum Gasteiger partial charge on any atom is 0.673 e. The highest BCUT2D eigenvalue weighted by Crippen LogP contribution is 2.26. The zero-order valence-electron chi connectivity index (χ0n) is 8.62. The van der Waals surface area contributed by atoms with E-state index in [0.717, 1.165) is 22.3 Å². The lowest BCUT2D eigenvalue weighted by Gasteiger charge is -2.09. The van der Waals surface area contributed by atoms with Crippen molar-refractivity contribution >= 4 is 35.6 Å². The molecule has 0 amide bonds. The topological polar surface area (TPSA) is 22.1 Å². The van der Waals surface area contributed by atoms with E-state index in [1.165, 1.54) is 5.56 Å². The van der Waals surface area contributed by atoms with Crippen LogP contribution in [0.2, 0.25) is 0 Å². The molecule has 2 aromatic rings. The molecule has 0 spiro atoms. The Morgan fingerprint density at radius 1 is 1.33 bits per heavy atom. The number of hydrogen-bond donors (Lipinski definition) is 0. The molecule has 1 radical (unpaired) electrons. The highest BCUT2D eigenvalue weighted by Gasteiger charge is 2.06. The summed E-state index contributed by atoms with van der Waals surface area (Å²) >= 11 is -0.520. The van der Waals surface area contributed by atoms with E-state index in [1.807, 2.05) is 25.1 Å². The fraction of sp³-hybridized carbons (Fsp3) is 0.182. The minimum Gasteiger partial charge on any atom is -0.635 e. The van der Waals surface area contributed by atoms with E-state index in [1.54, 1.807) is 0 Å². The maximum absolute atomic E-state index is 5.65. The summed E-state index contributed by atoms with van der Waals surface area (Å²) in [5.41, 5.74) is 3.12. The van der Waals surface area contributed by atoms with Gasteiger partial charge in [0.1, 0.15) is 11.3 Å². The number of fused-ring (bicyclic) bond motifs is 1. The number of halogens is 1. The summed E-state index contributed by atoms with van der Waals surface area (Å²) in [4.78, 5) is 4.48. The summed E-state index contributed by atoms with van der Waals surface area (Å²) < 4.78 is 5.42. The van der Waals surface area contributed by atoms with E-state index in [9.17, 15) is 0 Å². The molecule has 0 saturated heterocycles. The van der Waals surface area contributed by atoms with Gasteiger partial charge in [0.15, 0.2) is 0 Å². The van der Waals surface area contributed by atoms with Crippen molar-refractivity contribution in [3.8, 4) is 5.75 Å². The fourth-order valence-corrected chi connectivity index (χ4v) is 2.27. The van der Waals surface area contributed by atoms with Crippen LogP contribution in [0, 0.1) is 13.8 Å². The fourth-order valence-electron chi connectivity index (χ4n) is 1.70. The third kappa shape index (κ3) is 2.10. The van der Waals surface area contributed by atoms with Gasteiger partial charge in [0.25, 0.3) is 0 Å². The van der Waals surface area contributed by atoms with Crippen LogP contribution in [0.25, 0.3) is 10.9 Å². The highest BCUT2D eigenvalue weighted by atomic mass is 35.6. The second kappa shape index (κ2) is 4.40. The Hall–Kier alpha value is -0.748. The quantitative estimate of drug-likeness (QED) is 0.746. The SMILES string of the molecule is Cc1cc(C)c2cccc([O][Al][Cl])c2n1. The van der Waals surface area contributed by atoms with E-state index < -0.39 is 14.6 Å². The number of pyridine rings is 1. The van der Waals surface area contributed by atoms with Gasteiger partial charge in [-0.15, -0.1) is 0 Å². The zero-order valence-corrected chi connectivity index (χ0v) is 10.5. The van der Waals surface area contributed by atoms with Crippen molar-refractivity contribution in [1.29, 1.82) is 0 Å². The minimum absolute atomic E-state index is 0.520. The Morgan fingerprint density at radius 3 is 2.87 bits per heavy atom. The molecule has 1 aromatic heterocycles. The second-order valence-electron chi connectivity index (χ2n) is 3.44. The number of nitrogens with zero attached hydrogens (tertiary/aromatic N) is 1. The van der Waals surface area contributed by atoms with Gasteiger partial charge >= 0.3 is 14.6 Å². The molecule has 0 aliphatic carbocycles. The molecular weight excluding hydrogens is 225 g/mol. The Balaban J connectivity index is 2.73. The largest absolute Gasteiger partial charge is 0.673 e. The standard InChI is InChI=1S/C11H11NO.Al.ClH/c1-7-6-8(2)12-11-9(7)4-3-5-10(11)13;;/h3-6,13H,1-2H3;;1H/q;+2;/p-2. The Morgan fingerprint density at radius 2 is 2.13 bits per heavy atom. The molecule has 2 nitrogen and oxygen atoms in total. The van der Waals surface area contributed by atoms with Gasteiger partial charge in [0.2, 0.25) is 0 Å². The molecule has 0 bridgehead atoms. The second-order valence-corrected chi connectivity index (χ2v) is 4.39. The molecule has 0 atom stereocenters. The summed E-state index contributed by atoms with van der Waals surface area (Å²) in [6.07, 6.45) is 0. The van der Waals surface area contributed by atoms with Crippen LogP contribution in [-0.2, 0) is 0 Å². The van der Waals surface area contributed by atoms with Gasteiger partial charge < -0.3 is 3.79 Å². The monoisotopic (exact) mass is 234 g/mol. The maximum atomic E-state index is 5.65. The van der Waals surface area contributed by atoms with Crippen molar-refractivity contribution in [3.05, 3.63) is 35.5 Å². The van der Waals surface area contributed by atoms with Crippen LogP contribution < -0.4 is 3.79 Å². The summed E-state index contributed by atoms with van der Waals surface area (Å²) in [6, 6.07) is 7.99. The Kier molecular flexibility index (Phi) is 3.16. The first-order valence-electron chi connectivity index (χ1n) is 4.68. The third-order valence-corrected chi connectivity index (χ3v) is 2.92. The molecule has 15 heavy (non-hydrogen) atoms. The molecule has 4 heteroatoms. The van der Waals surface area contributed by atoms with E-state index in [2.05, 4.69) is 18.0 Å². The average molecular weight is 235 g/mol. The molecule has 0 saturated carbocycles. The Labute approximate surface area is 99.5 Å². The minimum atomic E-state index is -0.520. The molecule has 0 fully saturated rings. The van der Waals surface area contributed by atoms with Gasteiger partial charge in [0, 0.05) is 11.1 Å². The van der Waals surface area contributed by atoms with Crippen LogP contribution in [-0.4, -0.2) is 19.6 Å². The zero-order chi connectivity index (χ0) is 10.8. The highest BCUT2D eigenvalue weighted by molar-refractivity contribution is 6.90. The number of para-hydroxylation sites is 1. The molecular formula is C11H10AlClNO. The van der Waals surface area contributed by atoms with Crippen LogP contribution in [0.1, 0.15) is 11.3 Å². The Bertz CT molecular complexity index is 501. The molecule has 0 unspecified atom stereocenters. The number of benzene rings is 1. The summed E-state index contributed by atoms with van der Waals surface area (Å²) in [5.74, 6) is 0.782. The number of hydrogen-bond acceptors (Lipinski definition) is 2. The lowest BCUT2D eigenvalue weighted by atomic mass is 10.1. The smallest absolute Gasteiger partial charge is 0.635 e. The van der Waals surface area contributed by atoms with Crippen molar-refractivity contribution < 1.29 is 3.79 Å². The van der Waals surface area contributed by atoms with Crippen LogP contribution in [0.5, 0.6) is 5.75 Å². The summed E-state index contributed by atoms with van der Waals surface area (Å²) in [5, 5.41) is 1.13. The van der Waals surface area contributed by atoms with Crippen molar-refractivity contribution in [2.75, 3.05) is 0 Å². The lowest BCUT2D eigenvalue weighted by Crippen LogP contribution is -1.96. The summed E-state index contributed by atoms with van der Waals surface area (Å²) in [7, 11) is 5.65. The van der Waals surface area contributed by atoms with E-state index >= 15 is 0 Å². The predicted octanol–water partition coefficient (Wildman–Crippen LogP) is 3.00. The van der Waals surface area contributed by atoms with Gasteiger partial charge in [-0.1, -0.05) is 12.1 Å². The van der Waals surface area contributed by atoms with E-state index in [4.69, 9.17) is 13.8 Å². The van der Waals surface area contributed by atoms with Gasteiger partial charge in [-0.25, -0.2) is 15.0 Å². The van der Waals surface area contributed by atoms with Gasteiger partial charge in [-0.3, -0.25) is 0 Å². The van der Waals surface area contributed by atoms with Crippen LogP contribution in [0.4, 0.5) is 0 Å². The predicted molar refractivity (Wildman–Crippen MR) is 63.5 cm³/mol. The van der Waals surface area contributed by atoms with Crippen molar-refractivity contribution in [2.24, 2.45) is 0 Å². The van der Waals surface area contributed by atoms with E-state index in [0.29, 0.717) is 0 Å². The average Bonchev–Trinajstić information content (AvgIpc) is 2.19. The number of rotatable bonds is 2. The molecule has 2 rings (SSSR count). The van der Waals surface area contributed by atoms with Crippen LogP contribution in [0.3, 0.4) is 0 Å². The molecule has 0 N–H and O–H groups in total. The first-order chi connectivity index (χ1) is 7.22. The molecule has 1 heterocycles.